The van der Waals surface area contributed by atoms with Crippen LogP contribution in [0.1, 0.15) is 30.1 Å². The minimum atomic E-state index is 0.0456. The van der Waals surface area contributed by atoms with Gasteiger partial charge in [0.25, 0.3) is 5.56 Å². The van der Waals surface area contributed by atoms with Crippen LogP contribution >= 0.6 is 11.6 Å². The van der Waals surface area contributed by atoms with Gasteiger partial charge in [-0.2, -0.15) is 5.10 Å². The van der Waals surface area contributed by atoms with Crippen molar-refractivity contribution >= 4 is 22.4 Å². The SMILES string of the molecule is O=c1c2ccccc2c(Cc2ccc(Cl)cc2)nn1C1CN2CCC1CC2. The molecule has 5 heteroatoms. The molecular weight excluding hydrogens is 358 g/mol. The first-order valence-electron chi connectivity index (χ1n) is 9.66. The van der Waals surface area contributed by atoms with Gasteiger partial charge in [-0.25, -0.2) is 4.68 Å². The molecule has 1 unspecified atom stereocenters. The van der Waals surface area contributed by atoms with E-state index in [0.717, 1.165) is 59.5 Å². The topological polar surface area (TPSA) is 38.1 Å². The number of halogens is 1. The molecule has 0 aliphatic carbocycles. The van der Waals surface area contributed by atoms with Crippen LogP contribution in [0.25, 0.3) is 10.8 Å². The summed E-state index contributed by atoms with van der Waals surface area (Å²) in [5.74, 6) is 0.560. The fraction of sp³-hybridized carbons (Fsp3) is 0.364. The summed E-state index contributed by atoms with van der Waals surface area (Å²) in [5.41, 5.74) is 2.16. The number of fused-ring (bicyclic) bond motifs is 4. The van der Waals surface area contributed by atoms with Crippen molar-refractivity contribution in [2.75, 3.05) is 19.6 Å². The van der Waals surface area contributed by atoms with Crippen LogP contribution in [0.4, 0.5) is 0 Å². The van der Waals surface area contributed by atoms with Crippen LogP contribution in [-0.4, -0.2) is 34.3 Å². The van der Waals surface area contributed by atoms with Gasteiger partial charge in [-0.05, 0) is 55.6 Å². The number of aromatic nitrogens is 2. The molecule has 3 aromatic rings. The summed E-state index contributed by atoms with van der Waals surface area (Å²) < 4.78 is 1.80. The highest BCUT2D eigenvalue weighted by Crippen LogP contribution is 2.35. The van der Waals surface area contributed by atoms with E-state index in [-0.39, 0.29) is 11.6 Å². The lowest BCUT2D eigenvalue weighted by Crippen LogP contribution is -2.50. The predicted octanol–water partition coefficient (Wildman–Crippen LogP) is 3.91. The van der Waals surface area contributed by atoms with Crippen LogP contribution in [0.5, 0.6) is 0 Å². The molecule has 0 amide bonds. The van der Waals surface area contributed by atoms with Gasteiger partial charge in [0.1, 0.15) is 0 Å². The van der Waals surface area contributed by atoms with Gasteiger partial charge in [0.05, 0.1) is 17.1 Å². The highest BCUT2D eigenvalue weighted by molar-refractivity contribution is 6.30. The molecular formula is C22H22ClN3O. The molecule has 3 saturated heterocycles. The fourth-order valence-corrected chi connectivity index (χ4v) is 4.76. The smallest absolute Gasteiger partial charge is 0.274 e. The first-order chi connectivity index (χ1) is 13.2. The van der Waals surface area contributed by atoms with Gasteiger partial charge in [0.15, 0.2) is 0 Å². The zero-order valence-corrected chi connectivity index (χ0v) is 15.9. The second-order valence-corrected chi connectivity index (χ2v) is 8.19. The molecule has 3 fully saturated rings. The standard InChI is InChI=1S/C22H22ClN3O/c23-17-7-5-15(6-8-17)13-20-18-3-1-2-4-19(18)22(27)26(24-20)21-14-25-11-9-16(21)10-12-25/h1-8,16,21H,9-14H2. The predicted molar refractivity (Wildman–Crippen MR) is 108 cm³/mol. The van der Waals surface area contributed by atoms with Crippen LogP contribution in [-0.2, 0) is 6.42 Å². The summed E-state index contributed by atoms with van der Waals surface area (Å²) in [5, 5.41) is 7.36. The Morgan fingerprint density at radius 1 is 1.00 bits per heavy atom. The number of nitrogens with zero attached hydrogens (tertiary/aromatic N) is 3. The maximum Gasteiger partial charge on any atom is 0.274 e. The lowest BCUT2D eigenvalue weighted by atomic mass is 9.84. The molecule has 3 aliphatic rings. The van der Waals surface area contributed by atoms with E-state index in [9.17, 15) is 4.79 Å². The summed E-state index contributed by atoms with van der Waals surface area (Å²) in [4.78, 5) is 15.7. The highest BCUT2D eigenvalue weighted by atomic mass is 35.5. The molecule has 2 aromatic carbocycles. The monoisotopic (exact) mass is 379 g/mol. The van der Waals surface area contributed by atoms with Crippen molar-refractivity contribution in [1.82, 2.24) is 14.7 Å². The van der Waals surface area contributed by atoms with Gasteiger partial charge in [-0.15, -0.1) is 0 Å². The van der Waals surface area contributed by atoms with Crippen molar-refractivity contribution in [3.8, 4) is 0 Å². The lowest BCUT2D eigenvalue weighted by Gasteiger charge is -2.44. The Bertz CT molecular complexity index is 1040. The third-order valence-electron chi connectivity index (χ3n) is 6.13. The Morgan fingerprint density at radius 2 is 1.70 bits per heavy atom. The summed E-state index contributed by atoms with van der Waals surface area (Å²) in [6.45, 7) is 3.25. The van der Waals surface area contributed by atoms with Gasteiger partial charge in [0.2, 0.25) is 0 Å². The maximum absolute atomic E-state index is 13.2. The minimum absolute atomic E-state index is 0.0456. The number of hydrogen-bond donors (Lipinski definition) is 0. The number of hydrogen-bond acceptors (Lipinski definition) is 3. The first-order valence-corrected chi connectivity index (χ1v) is 10.0. The van der Waals surface area contributed by atoms with Gasteiger partial charge in [-0.1, -0.05) is 41.9 Å². The van der Waals surface area contributed by atoms with E-state index in [4.69, 9.17) is 16.7 Å². The summed E-state index contributed by atoms with van der Waals surface area (Å²) in [7, 11) is 0. The van der Waals surface area contributed by atoms with Gasteiger partial charge < -0.3 is 4.90 Å². The molecule has 0 spiro atoms. The van der Waals surface area contributed by atoms with Crippen molar-refractivity contribution in [3.63, 3.8) is 0 Å². The number of benzene rings is 2. The summed E-state index contributed by atoms with van der Waals surface area (Å²) >= 11 is 6.03. The largest absolute Gasteiger partial charge is 0.301 e. The molecule has 0 saturated carbocycles. The quantitative estimate of drug-likeness (QED) is 0.692. The molecule has 2 bridgehead atoms. The van der Waals surface area contributed by atoms with Crippen LogP contribution in [0.3, 0.4) is 0 Å². The van der Waals surface area contributed by atoms with Crippen molar-refractivity contribution in [1.29, 1.82) is 0 Å². The Balaban J connectivity index is 1.62. The number of piperidine rings is 3. The zero-order valence-electron chi connectivity index (χ0n) is 15.1. The molecule has 0 N–H and O–H groups in total. The van der Waals surface area contributed by atoms with E-state index >= 15 is 0 Å². The van der Waals surface area contributed by atoms with E-state index in [1.54, 1.807) is 4.68 Å². The van der Waals surface area contributed by atoms with Crippen LogP contribution in [0.2, 0.25) is 5.02 Å². The molecule has 4 heterocycles. The van der Waals surface area contributed by atoms with E-state index < -0.39 is 0 Å². The molecule has 0 radical (unpaired) electrons. The van der Waals surface area contributed by atoms with Gasteiger partial charge >= 0.3 is 0 Å². The molecule has 27 heavy (non-hydrogen) atoms. The normalized spacial score (nSPS) is 24.4. The maximum atomic E-state index is 13.2. The van der Waals surface area contributed by atoms with Gasteiger partial charge in [-0.3, -0.25) is 4.79 Å². The van der Waals surface area contributed by atoms with Crippen molar-refractivity contribution in [2.24, 2.45) is 5.92 Å². The molecule has 4 nitrogen and oxygen atoms in total. The third-order valence-corrected chi connectivity index (χ3v) is 6.38. The minimum Gasteiger partial charge on any atom is -0.301 e. The Morgan fingerprint density at radius 3 is 2.37 bits per heavy atom. The van der Waals surface area contributed by atoms with E-state index in [1.165, 1.54) is 0 Å². The van der Waals surface area contributed by atoms with Crippen molar-refractivity contribution < 1.29 is 0 Å². The third kappa shape index (κ3) is 3.07. The van der Waals surface area contributed by atoms with Crippen molar-refractivity contribution in [2.45, 2.75) is 25.3 Å². The van der Waals surface area contributed by atoms with E-state index in [1.807, 2.05) is 48.5 Å². The van der Waals surface area contributed by atoms with Crippen LogP contribution in [0, 0.1) is 5.92 Å². The molecule has 6 rings (SSSR count). The molecule has 1 aromatic heterocycles. The average molecular weight is 380 g/mol. The molecule has 3 aliphatic heterocycles. The Kier molecular flexibility index (Phi) is 4.25. The molecule has 138 valence electrons. The van der Waals surface area contributed by atoms with Crippen LogP contribution < -0.4 is 5.56 Å². The second kappa shape index (κ2) is 6.77. The first kappa shape index (κ1) is 17.0. The van der Waals surface area contributed by atoms with Gasteiger partial charge in [0, 0.05) is 23.4 Å². The molecule has 1 atom stereocenters. The highest BCUT2D eigenvalue weighted by Gasteiger charge is 2.36. The van der Waals surface area contributed by atoms with Crippen LogP contribution in [0.15, 0.2) is 53.3 Å². The fourth-order valence-electron chi connectivity index (χ4n) is 4.64. The lowest BCUT2D eigenvalue weighted by molar-refractivity contribution is 0.0489. The van der Waals surface area contributed by atoms with E-state index in [2.05, 4.69) is 4.90 Å². The summed E-state index contributed by atoms with van der Waals surface area (Å²) in [6.07, 6.45) is 3.02. The zero-order chi connectivity index (χ0) is 18.4. The number of rotatable bonds is 3. The Labute approximate surface area is 163 Å². The van der Waals surface area contributed by atoms with E-state index in [0.29, 0.717) is 12.3 Å². The Hall–Kier alpha value is -2.17. The van der Waals surface area contributed by atoms with Crippen molar-refractivity contribution in [3.05, 3.63) is 75.2 Å². The summed E-state index contributed by atoms with van der Waals surface area (Å²) in [6, 6.07) is 15.9. The second-order valence-electron chi connectivity index (χ2n) is 7.75. The average Bonchev–Trinajstić information content (AvgIpc) is 2.72.